The molecule has 106 valence electrons. The first kappa shape index (κ1) is 13.9. The van der Waals surface area contributed by atoms with E-state index < -0.39 is 4.92 Å². The number of nitrogens with one attached hydrogen (secondary N) is 2. The molecule has 1 fully saturated rings. The average molecular weight is 278 g/mol. The van der Waals surface area contributed by atoms with Gasteiger partial charge in [0.15, 0.2) is 0 Å². The van der Waals surface area contributed by atoms with Gasteiger partial charge < -0.3 is 10.6 Å². The van der Waals surface area contributed by atoms with Crippen LogP contribution in [0.1, 0.15) is 0 Å². The average Bonchev–Trinajstić information content (AvgIpc) is 2.38. The summed E-state index contributed by atoms with van der Waals surface area (Å²) >= 11 is 0. The number of benzene rings is 1. The molecular formula is C12H14N4O4. The Kier molecular flexibility index (Phi) is 4.26. The third-order valence-corrected chi connectivity index (χ3v) is 2.83. The van der Waals surface area contributed by atoms with Crippen molar-refractivity contribution in [2.75, 3.05) is 31.5 Å². The van der Waals surface area contributed by atoms with Crippen LogP contribution in [0, 0.1) is 10.1 Å². The van der Waals surface area contributed by atoms with Gasteiger partial charge in [-0.1, -0.05) is 6.07 Å². The topological polar surface area (TPSA) is 105 Å². The number of hydrogen-bond acceptors (Lipinski definition) is 5. The number of nitro benzene ring substituents is 1. The standard InChI is InChI=1S/C12H14N4O4/c17-11-7-15(5-4-13-11)8-12(18)14-9-2-1-3-10(6-9)16(19)20/h1-3,6H,4-5,7-8H2,(H,13,17)(H,14,18). The minimum Gasteiger partial charge on any atom is -0.354 e. The van der Waals surface area contributed by atoms with Crippen molar-refractivity contribution in [2.45, 2.75) is 0 Å². The second-order valence-corrected chi connectivity index (χ2v) is 4.42. The van der Waals surface area contributed by atoms with Gasteiger partial charge in [0.2, 0.25) is 11.8 Å². The molecule has 0 radical (unpaired) electrons. The van der Waals surface area contributed by atoms with Gasteiger partial charge in [-0.25, -0.2) is 0 Å². The van der Waals surface area contributed by atoms with Gasteiger partial charge in [-0.15, -0.1) is 0 Å². The van der Waals surface area contributed by atoms with Gasteiger partial charge in [0.05, 0.1) is 18.0 Å². The highest BCUT2D eigenvalue weighted by molar-refractivity contribution is 5.93. The van der Waals surface area contributed by atoms with E-state index in [1.54, 1.807) is 11.0 Å². The normalized spacial score (nSPS) is 15.5. The smallest absolute Gasteiger partial charge is 0.271 e. The summed E-state index contributed by atoms with van der Waals surface area (Å²) in [5.74, 6) is -0.417. The maximum Gasteiger partial charge on any atom is 0.271 e. The van der Waals surface area contributed by atoms with E-state index in [0.717, 1.165) is 0 Å². The molecule has 2 amide bonds. The van der Waals surface area contributed by atoms with Gasteiger partial charge in [0.25, 0.3) is 5.69 Å². The molecule has 1 saturated heterocycles. The summed E-state index contributed by atoms with van der Waals surface area (Å²) in [7, 11) is 0. The van der Waals surface area contributed by atoms with Gasteiger partial charge in [-0.05, 0) is 6.07 Å². The Hall–Kier alpha value is -2.48. The molecule has 2 rings (SSSR count). The third kappa shape index (κ3) is 3.75. The van der Waals surface area contributed by atoms with Crippen molar-refractivity contribution in [1.29, 1.82) is 0 Å². The van der Waals surface area contributed by atoms with Crippen LogP contribution in [0.4, 0.5) is 11.4 Å². The maximum absolute atomic E-state index is 11.8. The minimum absolute atomic E-state index is 0.0795. The lowest BCUT2D eigenvalue weighted by molar-refractivity contribution is -0.384. The Bertz CT molecular complexity index is 546. The second-order valence-electron chi connectivity index (χ2n) is 4.42. The molecule has 0 bridgehead atoms. The summed E-state index contributed by atoms with van der Waals surface area (Å²) in [6.07, 6.45) is 0. The number of hydrogen-bond donors (Lipinski definition) is 2. The highest BCUT2D eigenvalue weighted by Crippen LogP contribution is 2.16. The highest BCUT2D eigenvalue weighted by Gasteiger charge is 2.18. The van der Waals surface area contributed by atoms with E-state index >= 15 is 0 Å². The molecule has 1 aliphatic heterocycles. The molecule has 1 aromatic carbocycles. The fourth-order valence-corrected chi connectivity index (χ4v) is 1.93. The van der Waals surface area contributed by atoms with Crippen LogP contribution < -0.4 is 10.6 Å². The van der Waals surface area contributed by atoms with Crippen LogP contribution in [0.15, 0.2) is 24.3 Å². The first-order valence-corrected chi connectivity index (χ1v) is 6.08. The molecule has 1 aliphatic rings. The number of carbonyl (C=O) groups is 2. The van der Waals surface area contributed by atoms with E-state index in [-0.39, 0.29) is 30.6 Å². The number of non-ortho nitro benzene ring substituents is 1. The first-order valence-electron chi connectivity index (χ1n) is 6.08. The van der Waals surface area contributed by atoms with Crippen molar-refractivity contribution >= 4 is 23.2 Å². The van der Waals surface area contributed by atoms with E-state index in [1.165, 1.54) is 18.2 Å². The second kappa shape index (κ2) is 6.11. The molecule has 0 unspecified atom stereocenters. The van der Waals surface area contributed by atoms with Crippen LogP contribution in [0.25, 0.3) is 0 Å². The Morgan fingerprint density at radius 3 is 3.00 bits per heavy atom. The van der Waals surface area contributed by atoms with E-state index in [2.05, 4.69) is 10.6 Å². The van der Waals surface area contributed by atoms with Gasteiger partial charge >= 0.3 is 0 Å². The SMILES string of the molecule is O=C1CN(CC(=O)Nc2cccc([N+](=O)[O-])c2)CCN1. The van der Waals surface area contributed by atoms with Gasteiger partial charge in [0, 0.05) is 30.9 Å². The fraction of sp³-hybridized carbons (Fsp3) is 0.333. The maximum atomic E-state index is 11.8. The Balaban J connectivity index is 1.92. The molecule has 0 aromatic heterocycles. The van der Waals surface area contributed by atoms with Crippen LogP contribution in [0.2, 0.25) is 0 Å². The summed E-state index contributed by atoms with van der Waals surface area (Å²) in [4.78, 5) is 34.8. The van der Waals surface area contributed by atoms with Crippen LogP contribution >= 0.6 is 0 Å². The van der Waals surface area contributed by atoms with Crippen LogP contribution in [0.5, 0.6) is 0 Å². The number of anilines is 1. The molecule has 8 nitrogen and oxygen atoms in total. The number of amides is 2. The molecule has 0 atom stereocenters. The van der Waals surface area contributed by atoms with Crippen molar-refractivity contribution in [1.82, 2.24) is 10.2 Å². The molecule has 1 aromatic rings. The van der Waals surface area contributed by atoms with E-state index in [9.17, 15) is 19.7 Å². The number of nitro groups is 1. The van der Waals surface area contributed by atoms with Gasteiger partial charge in [-0.3, -0.25) is 24.6 Å². The predicted octanol–water partition coefficient (Wildman–Crippen LogP) is -0.0349. The largest absolute Gasteiger partial charge is 0.354 e. The number of nitrogens with zero attached hydrogens (tertiary/aromatic N) is 2. The van der Waals surface area contributed by atoms with E-state index in [4.69, 9.17) is 0 Å². The summed E-state index contributed by atoms with van der Waals surface area (Å²) in [6, 6.07) is 5.72. The zero-order valence-electron chi connectivity index (χ0n) is 10.7. The Morgan fingerprint density at radius 2 is 2.30 bits per heavy atom. The monoisotopic (exact) mass is 278 g/mol. The summed E-state index contributed by atoms with van der Waals surface area (Å²) < 4.78 is 0. The molecule has 1 heterocycles. The van der Waals surface area contributed by atoms with Crippen molar-refractivity contribution < 1.29 is 14.5 Å². The summed E-state index contributed by atoms with van der Waals surface area (Å²) in [6.45, 7) is 1.38. The third-order valence-electron chi connectivity index (χ3n) is 2.83. The van der Waals surface area contributed by atoms with Crippen molar-refractivity contribution in [3.63, 3.8) is 0 Å². The molecule has 2 N–H and O–H groups in total. The van der Waals surface area contributed by atoms with Crippen LogP contribution in [-0.2, 0) is 9.59 Å². The molecule has 0 saturated carbocycles. The zero-order chi connectivity index (χ0) is 14.5. The summed E-state index contributed by atoms with van der Waals surface area (Å²) in [5, 5.41) is 15.9. The molecule has 8 heteroatoms. The van der Waals surface area contributed by atoms with Gasteiger partial charge in [0.1, 0.15) is 0 Å². The lowest BCUT2D eigenvalue weighted by Crippen LogP contribution is -2.49. The van der Waals surface area contributed by atoms with Crippen molar-refractivity contribution in [3.8, 4) is 0 Å². The Morgan fingerprint density at radius 1 is 1.50 bits per heavy atom. The molecular weight excluding hydrogens is 264 g/mol. The van der Waals surface area contributed by atoms with Crippen molar-refractivity contribution in [2.24, 2.45) is 0 Å². The van der Waals surface area contributed by atoms with Crippen LogP contribution in [0.3, 0.4) is 0 Å². The predicted molar refractivity (Wildman–Crippen MR) is 71.2 cm³/mol. The Labute approximate surface area is 114 Å². The highest BCUT2D eigenvalue weighted by atomic mass is 16.6. The van der Waals surface area contributed by atoms with Crippen LogP contribution in [-0.4, -0.2) is 47.8 Å². The first-order chi connectivity index (χ1) is 9.54. The zero-order valence-corrected chi connectivity index (χ0v) is 10.7. The van der Waals surface area contributed by atoms with Gasteiger partial charge in [-0.2, -0.15) is 0 Å². The molecule has 0 spiro atoms. The molecule has 0 aliphatic carbocycles. The number of carbonyl (C=O) groups excluding carboxylic acids is 2. The lowest BCUT2D eigenvalue weighted by atomic mass is 10.2. The number of piperazine rings is 1. The fourth-order valence-electron chi connectivity index (χ4n) is 1.93. The van der Waals surface area contributed by atoms with E-state index in [1.807, 2.05) is 0 Å². The number of rotatable bonds is 4. The minimum atomic E-state index is -0.523. The van der Waals surface area contributed by atoms with Crippen molar-refractivity contribution in [3.05, 3.63) is 34.4 Å². The lowest BCUT2D eigenvalue weighted by Gasteiger charge is -2.25. The molecule has 20 heavy (non-hydrogen) atoms. The quantitative estimate of drug-likeness (QED) is 0.594. The summed E-state index contributed by atoms with van der Waals surface area (Å²) in [5.41, 5.74) is 0.283. The van der Waals surface area contributed by atoms with E-state index in [0.29, 0.717) is 18.8 Å².